The van der Waals surface area contributed by atoms with E-state index >= 15 is 0 Å². The molecule has 2 aliphatic heterocycles. The third kappa shape index (κ3) is 3.11. The van der Waals surface area contributed by atoms with E-state index in [0.29, 0.717) is 6.61 Å². The van der Waals surface area contributed by atoms with Gasteiger partial charge < -0.3 is 14.2 Å². The molecule has 0 aromatic rings. The smallest absolute Gasteiger partial charge is 0.316 e. The Labute approximate surface area is 115 Å². The van der Waals surface area contributed by atoms with E-state index in [-0.39, 0.29) is 24.5 Å². The molecule has 2 rings (SSSR count). The van der Waals surface area contributed by atoms with Crippen molar-refractivity contribution < 1.29 is 19.0 Å². The molecule has 4 unspecified atom stereocenters. The highest BCUT2D eigenvalue weighted by atomic mass is 16.7. The molecule has 0 radical (unpaired) electrons. The summed E-state index contributed by atoms with van der Waals surface area (Å²) in [6, 6.07) is 0. The number of hydrogen-bond donors (Lipinski definition) is 0. The van der Waals surface area contributed by atoms with Gasteiger partial charge in [-0.3, -0.25) is 4.79 Å². The summed E-state index contributed by atoms with van der Waals surface area (Å²) in [5.74, 6) is -0.151. The molecule has 0 aromatic carbocycles. The van der Waals surface area contributed by atoms with Crippen molar-refractivity contribution in [3.05, 3.63) is 0 Å². The first-order valence-corrected chi connectivity index (χ1v) is 7.58. The van der Waals surface area contributed by atoms with Crippen LogP contribution in [0.1, 0.15) is 59.3 Å². The number of rotatable bonds is 4. The summed E-state index contributed by atoms with van der Waals surface area (Å²) in [6.45, 7) is 6.83. The molecule has 4 atom stereocenters. The summed E-state index contributed by atoms with van der Waals surface area (Å²) < 4.78 is 17.0. The highest BCUT2D eigenvalue weighted by Gasteiger charge is 2.50. The molecule has 0 amide bonds. The Morgan fingerprint density at radius 3 is 2.68 bits per heavy atom. The van der Waals surface area contributed by atoms with E-state index in [1.807, 2.05) is 6.92 Å². The lowest BCUT2D eigenvalue weighted by atomic mass is 9.80. The van der Waals surface area contributed by atoms with Gasteiger partial charge in [0.15, 0.2) is 0 Å². The molecule has 0 spiro atoms. The van der Waals surface area contributed by atoms with Gasteiger partial charge in [-0.2, -0.15) is 0 Å². The van der Waals surface area contributed by atoms with Gasteiger partial charge in [-0.1, -0.05) is 13.8 Å². The number of hydrogen-bond acceptors (Lipinski definition) is 4. The maximum absolute atomic E-state index is 12.5. The van der Waals surface area contributed by atoms with Crippen LogP contribution in [-0.2, 0) is 19.0 Å². The average molecular weight is 270 g/mol. The third-order valence-corrected chi connectivity index (χ3v) is 4.39. The van der Waals surface area contributed by atoms with Crippen molar-refractivity contribution >= 4 is 5.97 Å². The van der Waals surface area contributed by atoms with Crippen LogP contribution >= 0.6 is 0 Å². The van der Waals surface area contributed by atoms with Crippen molar-refractivity contribution in [2.45, 2.75) is 77.8 Å². The fourth-order valence-electron chi connectivity index (χ4n) is 3.10. The fourth-order valence-corrected chi connectivity index (χ4v) is 3.10. The molecular weight excluding hydrogens is 244 g/mol. The predicted molar refractivity (Wildman–Crippen MR) is 71.7 cm³/mol. The number of ether oxygens (including phenoxy) is 3. The van der Waals surface area contributed by atoms with E-state index in [0.717, 1.165) is 38.5 Å². The van der Waals surface area contributed by atoms with E-state index in [4.69, 9.17) is 14.2 Å². The van der Waals surface area contributed by atoms with Gasteiger partial charge in [0.2, 0.25) is 6.29 Å². The normalized spacial score (nSPS) is 39.2. The van der Waals surface area contributed by atoms with Crippen LogP contribution in [0, 0.1) is 5.41 Å². The number of esters is 1. The van der Waals surface area contributed by atoms with Crippen molar-refractivity contribution in [2.24, 2.45) is 5.41 Å². The largest absolute Gasteiger partial charge is 0.435 e. The van der Waals surface area contributed by atoms with Crippen molar-refractivity contribution in [3.63, 3.8) is 0 Å². The highest BCUT2D eigenvalue weighted by Crippen LogP contribution is 2.42. The Balaban J connectivity index is 1.99. The first-order valence-electron chi connectivity index (χ1n) is 7.58. The number of carbonyl (C=O) groups excluding carboxylic acids is 1. The van der Waals surface area contributed by atoms with Gasteiger partial charge in [-0.25, -0.2) is 0 Å². The number of carbonyl (C=O) groups is 1. The SMILES string of the molecule is CCC1CC(C)(C(=O)OC2CCCCO2)C(CC)O1. The minimum absolute atomic E-state index is 0.0338. The quantitative estimate of drug-likeness (QED) is 0.737. The summed E-state index contributed by atoms with van der Waals surface area (Å²) in [5.41, 5.74) is -0.518. The molecule has 19 heavy (non-hydrogen) atoms. The van der Waals surface area contributed by atoms with E-state index < -0.39 is 5.41 Å². The second-order valence-corrected chi connectivity index (χ2v) is 5.89. The Kier molecular flexibility index (Phi) is 4.85. The van der Waals surface area contributed by atoms with Gasteiger partial charge in [-0.05, 0) is 39.0 Å². The maximum atomic E-state index is 12.5. The van der Waals surface area contributed by atoms with Crippen LogP contribution in [-0.4, -0.2) is 31.1 Å². The van der Waals surface area contributed by atoms with Gasteiger partial charge >= 0.3 is 5.97 Å². The summed E-state index contributed by atoms with van der Waals surface area (Å²) in [6.07, 6.45) is 5.28. The molecule has 2 aliphatic rings. The molecule has 110 valence electrons. The molecule has 4 heteroatoms. The van der Waals surface area contributed by atoms with Gasteiger partial charge in [0.1, 0.15) is 0 Å². The van der Waals surface area contributed by atoms with Crippen LogP contribution in [0.4, 0.5) is 0 Å². The summed E-state index contributed by atoms with van der Waals surface area (Å²) >= 11 is 0. The third-order valence-electron chi connectivity index (χ3n) is 4.39. The van der Waals surface area contributed by atoms with Crippen LogP contribution in [0.3, 0.4) is 0 Å². The minimum Gasteiger partial charge on any atom is -0.435 e. The zero-order chi connectivity index (χ0) is 13.9. The Morgan fingerprint density at radius 2 is 2.11 bits per heavy atom. The topological polar surface area (TPSA) is 44.8 Å². The Bertz CT molecular complexity index is 311. The van der Waals surface area contributed by atoms with Crippen molar-refractivity contribution in [1.82, 2.24) is 0 Å². The van der Waals surface area contributed by atoms with Crippen molar-refractivity contribution in [2.75, 3.05) is 6.61 Å². The molecule has 0 saturated carbocycles. The van der Waals surface area contributed by atoms with E-state index in [9.17, 15) is 4.79 Å². The lowest BCUT2D eigenvalue weighted by molar-refractivity contribution is -0.199. The first-order chi connectivity index (χ1) is 9.10. The molecule has 0 bridgehead atoms. The highest BCUT2D eigenvalue weighted by molar-refractivity contribution is 5.77. The monoisotopic (exact) mass is 270 g/mol. The molecule has 2 heterocycles. The molecular formula is C15H26O4. The van der Waals surface area contributed by atoms with Gasteiger partial charge in [0.05, 0.1) is 24.2 Å². The van der Waals surface area contributed by atoms with Crippen LogP contribution in [0.5, 0.6) is 0 Å². The molecule has 0 aromatic heterocycles. The van der Waals surface area contributed by atoms with E-state index in [2.05, 4.69) is 13.8 Å². The molecule has 0 aliphatic carbocycles. The second-order valence-electron chi connectivity index (χ2n) is 5.89. The van der Waals surface area contributed by atoms with Crippen LogP contribution in [0.25, 0.3) is 0 Å². The van der Waals surface area contributed by atoms with Gasteiger partial charge in [0.25, 0.3) is 0 Å². The minimum atomic E-state index is -0.518. The van der Waals surface area contributed by atoms with Crippen LogP contribution in [0.15, 0.2) is 0 Å². The fraction of sp³-hybridized carbons (Fsp3) is 0.933. The van der Waals surface area contributed by atoms with E-state index in [1.165, 1.54) is 0 Å². The summed E-state index contributed by atoms with van der Waals surface area (Å²) in [7, 11) is 0. The lowest BCUT2D eigenvalue weighted by Crippen LogP contribution is -2.40. The van der Waals surface area contributed by atoms with Gasteiger partial charge in [0, 0.05) is 6.42 Å². The predicted octanol–water partition coefficient (Wildman–Crippen LogP) is 3.04. The summed E-state index contributed by atoms with van der Waals surface area (Å²) in [4.78, 5) is 12.5. The molecule has 2 saturated heterocycles. The lowest BCUT2D eigenvalue weighted by Gasteiger charge is -2.30. The Morgan fingerprint density at radius 1 is 1.32 bits per heavy atom. The Hall–Kier alpha value is -0.610. The molecule has 2 fully saturated rings. The van der Waals surface area contributed by atoms with Crippen LogP contribution < -0.4 is 0 Å². The maximum Gasteiger partial charge on any atom is 0.316 e. The van der Waals surface area contributed by atoms with Crippen molar-refractivity contribution in [3.8, 4) is 0 Å². The summed E-state index contributed by atoms with van der Waals surface area (Å²) in [5, 5.41) is 0. The van der Waals surface area contributed by atoms with E-state index in [1.54, 1.807) is 0 Å². The molecule has 0 N–H and O–H groups in total. The van der Waals surface area contributed by atoms with Crippen molar-refractivity contribution in [1.29, 1.82) is 0 Å². The molecule has 4 nitrogen and oxygen atoms in total. The zero-order valence-corrected chi connectivity index (χ0v) is 12.3. The van der Waals surface area contributed by atoms with Gasteiger partial charge in [-0.15, -0.1) is 0 Å². The van der Waals surface area contributed by atoms with Crippen LogP contribution in [0.2, 0.25) is 0 Å². The standard InChI is InChI=1S/C15H26O4/c1-4-11-10-15(3,12(5-2)18-11)14(16)19-13-8-6-7-9-17-13/h11-13H,4-10H2,1-3H3. The average Bonchev–Trinajstić information content (AvgIpc) is 2.78. The first kappa shape index (κ1) is 14.8. The zero-order valence-electron chi connectivity index (χ0n) is 12.3. The second kappa shape index (κ2) is 6.23.